The number of aromatic amines is 2. The van der Waals surface area contributed by atoms with Gasteiger partial charge < -0.3 is 24.8 Å². The van der Waals surface area contributed by atoms with Crippen molar-refractivity contribution in [3.63, 3.8) is 0 Å². The molecular weight excluding hydrogens is 420 g/mol. The van der Waals surface area contributed by atoms with E-state index in [-0.39, 0.29) is 0 Å². The Morgan fingerprint density at radius 1 is 0.879 bits per heavy atom. The maximum absolute atomic E-state index is 10.3. The molecule has 9 nitrogen and oxygen atoms in total. The lowest BCUT2D eigenvalue weighted by atomic mass is 10.2. The molecule has 33 heavy (non-hydrogen) atoms. The molecule has 0 aliphatic carbocycles. The molecule has 2 saturated heterocycles. The number of H-pyrrole nitrogens is 2. The normalized spacial score (nSPS) is 16.5. The van der Waals surface area contributed by atoms with E-state index in [1.54, 1.807) is 18.5 Å². The summed E-state index contributed by atoms with van der Waals surface area (Å²) < 4.78 is 10.3. The molecule has 0 amide bonds. The average molecular weight is 451 g/mol. The Hall–Kier alpha value is -3.11. The molecule has 4 aromatic heterocycles. The summed E-state index contributed by atoms with van der Waals surface area (Å²) in [6.07, 6.45) is 8.02. The monoisotopic (exact) mass is 450 g/mol. The molecule has 174 valence electrons. The summed E-state index contributed by atoms with van der Waals surface area (Å²) in [4.78, 5) is 27.2. The van der Waals surface area contributed by atoms with Crippen molar-refractivity contribution in [2.45, 2.75) is 6.54 Å². The van der Waals surface area contributed by atoms with E-state index >= 15 is 0 Å². The Morgan fingerprint density at radius 3 is 2.12 bits per heavy atom. The highest BCUT2D eigenvalue weighted by Gasteiger charge is 2.11. The first-order valence-electron chi connectivity index (χ1n) is 11.2. The number of nitrogens with one attached hydrogen (secondary N) is 3. The van der Waals surface area contributed by atoms with Crippen molar-refractivity contribution in [3.8, 4) is 0 Å². The summed E-state index contributed by atoms with van der Waals surface area (Å²) in [5, 5.41) is 5.31. The first kappa shape index (κ1) is 23.1. The number of hydrogen-bond donors (Lipinski definition) is 3. The number of rotatable bonds is 3. The minimum atomic E-state index is 0.608. The standard InChI is InChI=1S/C12H15N3O.C8H6N2O.C4H9NO/c1-2-13-12-11(1)7-10(8-14-12)9-15-3-5-16-6-4-15;11-5-6-3-7-1-2-9-8(7)10-4-6;1-3-6-4-2-5-1/h1-2,7-8H,3-6,9H2,(H,13,14);1-5H,(H,9,10);5H,1-4H2. The summed E-state index contributed by atoms with van der Waals surface area (Å²) in [7, 11) is 0. The van der Waals surface area contributed by atoms with Gasteiger partial charge in [0.2, 0.25) is 0 Å². The van der Waals surface area contributed by atoms with E-state index in [4.69, 9.17) is 9.47 Å². The summed E-state index contributed by atoms with van der Waals surface area (Å²) in [5.41, 5.74) is 3.66. The van der Waals surface area contributed by atoms with Crippen LogP contribution in [-0.2, 0) is 16.0 Å². The van der Waals surface area contributed by atoms with Gasteiger partial charge in [0, 0.05) is 73.8 Å². The van der Waals surface area contributed by atoms with Crippen molar-refractivity contribution in [2.75, 3.05) is 52.6 Å². The third kappa shape index (κ3) is 6.93. The largest absolute Gasteiger partial charge is 0.379 e. The first-order valence-corrected chi connectivity index (χ1v) is 11.2. The molecule has 4 aromatic rings. The van der Waals surface area contributed by atoms with E-state index in [9.17, 15) is 4.79 Å². The van der Waals surface area contributed by atoms with Crippen LogP contribution < -0.4 is 5.32 Å². The fraction of sp³-hybridized carbons (Fsp3) is 0.375. The van der Waals surface area contributed by atoms with Crippen molar-refractivity contribution in [1.82, 2.24) is 30.2 Å². The van der Waals surface area contributed by atoms with Crippen molar-refractivity contribution >= 4 is 28.4 Å². The SMILES string of the molecule is C1COCCN1.O=Cc1cnc2[nH]ccc2c1.c1cc2cc(CN3CCOCC3)cnc2[nH]1. The highest BCUT2D eigenvalue weighted by molar-refractivity contribution is 5.84. The minimum absolute atomic E-state index is 0.608. The van der Waals surface area contributed by atoms with Crippen LogP contribution in [0.1, 0.15) is 15.9 Å². The van der Waals surface area contributed by atoms with Gasteiger partial charge in [0.15, 0.2) is 6.29 Å². The molecule has 0 saturated carbocycles. The van der Waals surface area contributed by atoms with E-state index in [2.05, 4.69) is 42.3 Å². The van der Waals surface area contributed by atoms with Crippen LogP contribution in [0.15, 0.2) is 49.1 Å². The quantitative estimate of drug-likeness (QED) is 0.411. The molecule has 6 heterocycles. The fourth-order valence-corrected chi connectivity index (χ4v) is 3.63. The summed E-state index contributed by atoms with van der Waals surface area (Å²) in [6.45, 7) is 8.54. The lowest BCUT2D eigenvalue weighted by molar-refractivity contribution is 0.0341. The second-order valence-electron chi connectivity index (χ2n) is 7.81. The number of carbonyl (C=O) groups is 1. The maximum atomic E-state index is 10.3. The van der Waals surface area contributed by atoms with Gasteiger partial charge in [-0.2, -0.15) is 0 Å². The molecule has 0 aromatic carbocycles. The van der Waals surface area contributed by atoms with Gasteiger partial charge in [-0.15, -0.1) is 0 Å². The van der Waals surface area contributed by atoms with Gasteiger partial charge in [0.1, 0.15) is 11.3 Å². The molecule has 3 N–H and O–H groups in total. The molecule has 0 bridgehead atoms. The van der Waals surface area contributed by atoms with Gasteiger partial charge in [-0.05, 0) is 29.8 Å². The number of pyridine rings is 2. The van der Waals surface area contributed by atoms with E-state index in [0.717, 1.165) is 82.1 Å². The number of aromatic nitrogens is 4. The van der Waals surface area contributed by atoms with E-state index in [1.807, 2.05) is 18.5 Å². The number of carbonyl (C=O) groups excluding carboxylic acids is 1. The van der Waals surface area contributed by atoms with Crippen LogP contribution in [0.3, 0.4) is 0 Å². The second-order valence-corrected chi connectivity index (χ2v) is 7.81. The zero-order chi connectivity index (χ0) is 22.7. The van der Waals surface area contributed by atoms with Crippen LogP contribution in [0, 0.1) is 0 Å². The Labute approximate surface area is 192 Å². The third-order valence-electron chi connectivity index (χ3n) is 5.37. The summed E-state index contributed by atoms with van der Waals surface area (Å²) in [5.74, 6) is 0. The predicted molar refractivity (Wildman–Crippen MR) is 127 cm³/mol. The highest BCUT2D eigenvalue weighted by Crippen LogP contribution is 2.13. The Balaban J connectivity index is 0.000000132. The Kier molecular flexibility index (Phi) is 8.54. The van der Waals surface area contributed by atoms with Crippen LogP contribution in [-0.4, -0.2) is 83.7 Å². The van der Waals surface area contributed by atoms with Crippen LogP contribution in [0.5, 0.6) is 0 Å². The molecule has 2 fully saturated rings. The molecule has 0 atom stereocenters. The van der Waals surface area contributed by atoms with Gasteiger partial charge >= 0.3 is 0 Å². The van der Waals surface area contributed by atoms with Gasteiger partial charge in [-0.1, -0.05) is 0 Å². The zero-order valence-electron chi connectivity index (χ0n) is 18.6. The second kappa shape index (κ2) is 12.2. The topological polar surface area (TPSA) is 108 Å². The highest BCUT2D eigenvalue weighted by atomic mass is 16.5. The van der Waals surface area contributed by atoms with Crippen molar-refractivity contribution in [3.05, 3.63) is 60.2 Å². The van der Waals surface area contributed by atoms with E-state index in [1.165, 1.54) is 10.9 Å². The first-order chi connectivity index (χ1) is 16.3. The van der Waals surface area contributed by atoms with Crippen LogP contribution in [0.2, 0.25) is 0 Å². The molecule has 0 radical (unpaired) electrons. The van der Waals surface area contributed by atoms with Gasteiger partial charge in [-0.3, -0.25) is 9.69 Å². The fourth-order valence-electron chi connectivity index (χ4n) is 3.63. The summed E-state index contributed by atoms with van der Waals surface area (Å²) in [6, 6.07) is 7.95. The van der Waals surface area contributed by atoms with Crippen molar-refractivity contribution in [1.29, 1.82) is 0 Å². The van der Waals surface area contributed by atoms with E-state index in [0.29, 0.717) is 5.56 Å². The lowest BCUT2D eigenvalue weighted by Crippen LogP contribution is -2.35. The number of fused-ring (bicyclic) bond motifs is 2. The third-order valence-corrected chi connectivity index (χ3v) is 5.37. The number of morpholine rings is 2. The number of nitrogens with zero attached hydrogens (tertiary/aromatic N) is 3. The number of hydrogen-bond acceptors (Lipinski definition) is 7. The van der Waals surface area contributed by atoms with Crippen LogP contribution >= 0.6 is 0 Å². The van der Waals surface area contributed by atoms with Crippen molar-refractivity contribution < 1.29 is 14.3 Å². The zero-order valence-corrected chi connectivity index (χ0v) is 18.6. The predicted octanol–water partition coefficient (Wildman–Crippen LogP) is 2.38. The smallest absolute Gasteiger partial charge is 0.151 e. The van der Waals surface area contributed by atoms with Crippen LogP contribution in [0.25, 0.3) is 22.1 Å². The molecule has 6 rings (SSSR count). The molecule has 9 heteroatoms. The number of ether oxygens (including phenoxy) is 2. The maximum Gasteiger partial charge on any atom is 0.151 e. The molecule has 0 spiro atoms. The van der Waals surface area contributed by atoms with Crippen LogP contribution in [0.4, 0.5) is 0 Å². The lowest BCUT2D eigenvalue weighted by Gasteiger charge is -2.26. The molecule has 2 aliphatic heterocycles. The Morgan fingerprint density at radius 2 is 1.52 bits per heavy atom. The van der Waals surface area contributed by atoms with Crippen molar-refractivity contribution in [2.24, 2.45) is 0 Å². The number of aldehydes is 1. The molecule has 2 aliphatic rings. The van der Waals surface area contributed by atoms with Gasteiger partial charge in [-0.25, -0.2) is 9.97 Å². The summed E-state index contributed by atoms with van der Waals surface area (Å²) >= 11 is 0. The molecular formula is C24H30N6O3. The average Bonchev–Trinajstić information content (AvgIpc) is 3.55. The Bertz CT molecular complexity index is 1120. The molecule has 0 unspecified atom stereocenters. The minimum Gasteiger partial charge on any atom is -0.379 e. The van der Waals surface area contributed by atoms with Gasteiger partial charge in [0.05, 0.1) is 26.4 Å². The van der Waals surface area contributed by atoms with Gasteiger partial charge in [0.25, 0.3) is 0 Å². The van der Waals surface area contributed by atoms with E-state index < -0.39 is 0 Å².